The lowest BCUT2D eigenvalue weighted by Crippen LogP contribution is -2.42. The molecule has 3 aromatic rings. The van der Waals surface area contributed by atoms with Crippen LogP contribution in [-0.2, 0) is 0 Å². The molecule has 1 aromatic carbocycles. The molecule has 2 aromatic heterocycles. The Bertz CT molecular complexity index is 1110. The molecule has 2 atom stereocenters. The zero-order chi connectivity index (χ0) is 21.3. The molecule has 1 saturated heterocycles. The molecule has 1 aliphatic heterocycles. The lowest BCUT2D eigenvalue weighted by Gasteiger charge is -2.36. The van der Waals surface area contributed by atoms with Crippen LogP contribution in [0.1, 0.15) is 19.8 Å². The lowest BCUT2D eigenvalue weighted by atomic mass is 9.98. The SMILES string of the molecule is COc1cc(OC)c2c(=O)[nH]c(-c3ncccc3NC3CCN(C)C(C)C3)nc2c1. The number of nitrogens with zero attached hydrogens (tertiary/aromatic N) is 3. The molecule has 1 aliphatic rings. The Morgan fingerprint density at radius 1 is 1.27 bits per heavy atom. The zero-order valence-corrected chi connectivity index (χ0v) is 17.7. The summed E-state index contributed by atoms with van der Waals surface area (Å²) < 4.78 is 10.7. The number of ether oxygens (including phenoxy) is 2. The van der Waals surface area contributed by atoms with Crippen molar-refractivity contribution in [2.75, 3.05) is 33.1 Å². The van der Waals surface area contributed by atoms with Crippen molar-refractivity contribution in [3.63, 3.8) is 0 Å². The summed E-state index contributed by atoms with van der Waals surface area (Å²) in [6.07, 6.45) is 3.79. The van der Waals surface area contributed by atoms with E-state index >= 15 is 0 Å². The van der Waals surface area contributed by atoms with Gasteiger partial charge in [-0.3, -0.25) is 9.78 Å². The highest BCUT2D eigenvalue weighted by molar-refractivity contribution is 5.87. The van der Waals surface area contributed by atoms with Gasteiger partial charge in [0, 0.05) is 37.0 Å². The summed E-state index contributed by atoms with van der Waals surface area (Å²) in [6, 6.07) is 8.11. The van der Waals surface area contributed by atoms with Gasteiger partial charge in [0.2, 0.25) is 0 Å². The highest BCUT2D eigenvalue weighted by Crippen LogP contribution is 2.30. The molecule has 0 amide bonds. The van der Waals surface area contributed by atoms with Crippen molar-refractivity contribution in [3.8, 4) is 23.0 Å². The predicted molar refractivity (Wildman–Crippen MR) is 117 cm³/mol. The minimum Gasteiger partial charge on any atom is -0.497 e. The third-order valence-electron chi connectivity index (χ3n) is 5.80. The van der Waals surface area contributed by atoms with E-state index in [4.69, 9.17) is 9.47 Å². The number of fused-ring (bicyclic) bond motifs is 1. The quantitative estimate of drug-likeness (QED) is 0.669. The third-order valence-corrected chi connectivity index (χ3v) is 5.80. The Morgan fingerprint density at radius 3 is 2.83 bits per heavy atom. The van der Waals surface area contributed by atoms with E-state index in [2.05, 4.69) is 39.1 Å². The van der Waals surface area contributed by atoms with Crippen LogP contribution in [0.4, 0.5) is 5.69 Å². The molecule has 1 fully saturated rings. The molecular formula is C22H27N5O3. The fraction of sp³-hybridized carbons (Fsp3) is 0.409. The fourth-order valence-electron chi connectivity index (χ4n) is 3.95. The van der Waals surface area contributed by atoms with Crippen LogP contribution in [-0.4, -0.2) is 59.7 Å². The number of rotatable bonds is 5. The molecule has 0 bridgehead atoms. The molecule has 2 unspecified atom stereocenters. The number of likely N-dealkylation sites (tertiary alicyclic amines) is 1. The van der Waals surface area contributed by atoms with E-state index in [1.165, 1.54) is 7.11 Å². The van der Waals surface area contributed by atoms with E-state index in [1.807, 2.05) is 12.1 Å². The van der Waals surface area contributed by atoms with Crippen molar-refractivity contribution in [2.45, 2.75) is 31.8 Å². The van der Waals surface area contributed by atoms with Crippen LogP contribution in [0.2, 0.25) is 0 Å². The van der Waals surface area contributed by atoms with Gasteiger partial charge < -0.3 is 24.7 Å². The van der Waals surface area contributed by atoms with Crippen molar-refractivity contribution >= 4 is 16.6 Å². The summed E-state index contributed by atoms with van der Waals surface area (Å²) in [5, 5.41) is 4.00. The second-order valence-electron chi connectivity index (χ2n) is 7.73. The standard InChI is InChI=1S/C22H27N5O3/c1-13-10-14(7-9-27(13)2)24-16-6-5-8-23-20(16)21-25-17-11-15(29-3)12-18(30-4)19(17)22(28)26-21/h5-6,8,11-14,24H,7,9-10H2,1-4H3,(H,25,26,28). The van der Waals surface area contributed by atoms with Crippen LogP contribution in [0, 0.1) is 0 Å². The minimum absolute atomic E-state index is 0.279. The first kappa shape index (κ1) is 20.2. The molecule has 0 radical (unpaired) electrons. The lowest BCUT2D eigenvalue weighted by molar-refractivity contribution is 0.190. The van der Waals surface area contributed by atoms with Gasteiger partial charge in [0.05, 0.1) is 25.4 Å². The third kappa shape index (κ3) is 3.82. The van der Waals surface area contributed by atoms with Gasteiger partial charge in [0.1, 0.15) is 22.6 Å². The maximum absolute atomic E-state index is 12.9. The molecule has 0 spiro atoms. The second-order valence-corrected chi connectivity index (χ2v) is 7.73. The average molecular weight is 409 g/mol. The van der Waals surface area contributed by atoms with Crippen molar-refractivity contribution in [3.05, 3.63) is 40.8 Å². The second kappa shape index (κ2) is 8.31. The number of hydrogen-bond donors (Lipinski definition) is 2. The van der Waals surface area contributed by atoms with E-state index < -0.39 is 0 Å². The van der Waals surface area contributed by atoms with Crippen LogP contribution in [0.15, 0.2) is 35.3 Å². The van der Waals surface area contributed by atoms with Gasteiger partial charge in [-0.1, -0.05) is 0 Å². The topological polar surface area (TPSA) is 92.4 Å². The van der Waals surface area contributed by atoms with E-state index in [-0.39, 0.29) is 5.56 Å². The Morgan fingerprint density at radius 2 is 2.10 bits per heavy atom. The number of pyridine rings is 1. The highest BCUT2D eigenvalue weighted by atomic mass is 16.5. The maximum Gasteiger partial charge on any atom is 0.262 e. The number of piperidine rings is 1. The van der Waals surface area contributed by atoms with Crippen LogP contribution >= 0.6 is 0 Å². The van der Waals surface area contributed by atoms with Gasteiger partial charge in [0.15, 0.2) is 5.82 Å². The fourth-order valence-corrected chi connectivity index (χ4v) is 3.95. The van der Waals surface area contributed by atoms with Gasteiger partial charge in [-0.15, -0.1) is 0 Å². The van der Waals surface area contributed by atoms with E-state index in [1.54, 1.807) is 25.4 Å². The smallest absolute Gasteiger partial charge is 0.262 e. The predicted octanol–water partition coefficient (Wildman–Crippen LogP) is 2.90. The van der Waals surface area contributed by atoms with E-state index in [0.29, 0.717) is 46.0 Å². The number of aromatic amines is 1. The number of H-pyrrole nitrogens is 1. The molecule has 0 saturated carbocycles. The van der Waals surface area contributed by atoms with Gasteiger partial charge in [-0.05, 0) is 38.9 Å². The summed E-state index contributed by atoms with van der Waals surface area (Å²) in [5.74, 6) is 1.40. The van der Waals surface area contributed by atoms with E-state index in [0.717, 1.165) is 25.1 Å². The largest absolute Gasteiger partial charge is 0.497 e. The molecule has 158 valence electrons. The van der Waals surface area contributed by atoms with Crippen LogP contribution in [0.5, 0.6) is 11.5 Å². The first-order chi connectivity index (χ1) is 14.5. The summed E-state index contributed by atoms with van der Waals surface area (Å²) >= 11 is 0. The van der Waals surface area contributed by atoms with Crippen molar-refractivity contribution in [1.82, 2.24) is 19.9 Å². The van der Waals surface area contributed by atoms with E-state index in [9.17, 15) is 4.79 Å². The number of anilines is 1. The van der Waals surface area contributed by atoms with Crippen LogP contribution in [0.25, 0.3) is 22.4 Å². The summed E-state index contributed by atoms with van der Waals surface area (Å²) in [6.45, 7) is 3.28. The van der Waals surface area contributed by atoms with Crippen molar-refractivity contribution in [2.24, 2.45) is 0 Å². The van der Waals surface area contributed by atoms with Gasteiger partial charge in [0.25, 0.3) is 5.56 Å². The first-order valence-electron chi connectivity index (χ1n) is 10.1. The molecule has 0 aliphatic carbocycles. The molecule has 2 N–H and O–H groups in total. The number of nitrogens with one attached hydrogen (secondary N) is 2. The molecule has 4 rings (SSSR count). The normalized spacial score (nSPS) is 19.6. The number of benzene rings is 1. The molecule has 30 heavy (non-hydrogen) atoms. The molecule has 3 heterocycles. The van der Waals surface area contributed by atoms with Crippen LogP contribution in [0.3, 0.4) is 0 Å². The monoisotopic (exact) mass is 409 g/mol. The van der Waals surface area contributed by atoms with Crippen LogP contribution < -0.4 is 20.3 Å². The van der Waals surface area contributed by atoms with Gasteiger partial charge in [-0.2, -0.15) is 0 Å². The highest BCUT2D eigenvalue weighted by Gasteiger charge is 2.24. The first-order valence-corrected chi connectivity index (χ1v) is 10.1. The van der Waals surface area contributed by atoms with Crippen molar-refractivity contribution in [1.29, 1.82) is 0 Å². The molecule has 8 heteroatoms. The summed E-state index contributed by atoms with van der Waals surface area (Å²) in [5.41, 5.74) is 1.69. The molecule has 8 nitrogen and oxygen atoms in total. The number of aromatic nitrogens is 3. The zero-order valence-electron chi connectivity index (χ0n) is 17.7. The van der Waals surface area contributed by atoms with Gasteiger partial charge in [-0.25, -0.2) is 4.98 Å². The Labute approximate surface area is 175 Å². The van der Waals surface area contributed by atoms with Crippen molar-refractivity contribution < 1.29 is 9.47 Å². The average Bonchev–Trinajstić information content (AvgIpc) is 2.75. The number of methoxy groups -OCH3 is 2. The minimum atomic E-state index is -0.279. The van der Waals surface area contributed by atoms with Gasteiger partial charge >= 0.3 is 0 Å². The summed E-state index contributed by atoms with van der Waals surface area (Å²) in [4.78, 5) is 27.3. The Hall–Kier alpha value is -3.13. The Balaban J connectivity index is 1.75. The maximum atomic E-state index is 12.9. The molecular weight excluding hydrogens is 382 g/mol. The summed E-state index contributed by atoms with van der Waals surface area (Å²) in [7, 11) is 5.24. The Kier molecular flexibility index (Phi) is 5.59. The number of hydrogen-bond acceptors (Lipinski definition) is 7.